The number of amides is 1. The van der Waals surface area contributed by atoms with Gasteiger partial charge < -0.3 is 15.0 Å². The van der Waals surface area contributed by atoms with Crippen LogP contribution in [-0.4, -0.2) is 52.0 Å². The summed E-state index contributed by atoms with van der Waals surface area (Å²) in [4.78, 5) is 19.2. The van der Waals surface area contributed by atoms with E-state index in [0.717, 1.165) is 30.0 Å². The average Bonchev–Trinajstić information content (AvgIpc) is 3.09. The highest BCUT2D eigenvalue weighted by atomic mass is 32.1. The largest absolute Gasteiger partial charge is 0.378 e. The molecule has 0 spiro atoms. The van der Waals surface area contributed by atoms with Crippen LogP contribution in [0.15, 0.2) is 42.6 Å². The lowest BCUT2D eigenvalue weighted by atomic mass is 10.1. The first kappa shape index (κ1) is 19.3. The van der Waals surface area contributed by atoms with Crippen molar-refractivity contribution in [3.8, 4) is 11.4 Å². The van der Waals surface area contributed by atoms with Gasteiger partial charge in [0, 0.05) is 18.7 Å². The highest BCUT2D eigenvalue weighted by Crippen LogP contribution is 2.19. The zero-order chi connectivity index (χ0) is 20.2. The van der Waals surface area contributed by atoms with Gasteiger partial charge in [-0.15, -0.1) is 0 Å². The van der Waals surface area contributed by atoms with E-state index in [9.17, 15) is 4.79 Å². The highest BCUT2D eigenvalue weighted by Gasteiger charge is 2.14. The Hall–Kier alpha value is -3.04. The Balaban J connectivity index is 1.45. The van der Waals surface area contributed by atoms with E-state index in [1.807, 2.05) is 43.3 Å². The predicted octanol–water partition coefficient (Wildman–Crippen LogP) is 2.79. The molecule has 3 aromatic rings. The fourth-order valence-corrected chi connectivity index (χ4v) is 3.45. The number of benzene rings is 1. The molecule has 0 atom stereocenters. The molecular weight excluding hydrogens is 388 g/mol. The first-order valence-corrected chi connectivity index (χ1v) is 9.82. The molecule has 1 aliphatic heterocycles. The molecule has 1 aromatic carbocycles. The molecule has 29 heavy (non-hydrogen) atoms. The second kappa shape index (κ2) is 8.54. The number of hydrogen-bond acceptors (Lipinski definition) is 6. The van der Waals surface area contributed by atoms with Gasteiger partial charge in [-0.1, -0.05) is 23.8 Å². The molecular formula is C20H22N6O2S. The summed E-state index contributed by atoms with van der Waals surface area (Å²) >= 11 is 5.31. The summed E-state index contributed by atoms with van der Waals surface area (Å²) in [5, 5.41) is 9.94. The Morgan fingerprint density at radius 3 is 2.83 bits per heavy atom. The quantitative estimate of drug-likeness (QED) is 0.629. The normalized spacial score (nSPS) is 14.0. The maximum Gasteiger partial charge on any atom is 0.244 e. The molecule has 0 bridgehead atoms. The van der Waals surface area contributed by atoms with Crippen LogP contribution in [0.3, 0.4) is 0 Å². The van der Waals surface area contributed by atoms with Crippen molar-refractivity contribution in [2.75, 3.05) is 36.5 Å². The van der Waals surface area contributed by atoms with E-state index in [0.29, 0.717) is 29.5 Å². The first-order chi connectivity index (χ1) is 14.1. The van der Waals surface area contributed by atoms with Crippen LogP contribution in [0.5, 0.6) is 0 Å². The van der Waals surface area contributed by atoms with Crippen LogP contribution in [-0.2, 0) is 16.1 Å². The van der Waals surface area contributed by atoms with Crippen molar-refractivity contribution in [3.63, 3.8) is 0 Å². The minimum Gasteiger partial charge on any atom is -0.378 e. The smallest absolute Gasteiger partial charge is 0.244 e. The van der Waals surface area contributed by atoms with Crippen molar-refractivity contribution >= 4 is 29.6 Å². The summed E-state index contributed by atoms with van der Waals surface area (Å²) in [5.74, 6) is 1.32. The number of nitrogens with zero attached hydrogens (tertiary/aromatic N) is 4. The van der Waals surface area contributed by atoms with E-state index in [2.05, 4.69) is 25.4 Å². The molecule has 0 aliphatic carbocycles. The number of ether oxygens (including phenoxy) is 1. The van der Waals surface area contributed by atoms with Crippen LogP contribution in [0.25, 0.3) is 11.4 Å². The number of nitrogens with one attached hydrogen (secondary N) is 2. The first-order valence-electron chi connectivity index (χ1n) is 9.41. The summed E-state index contributed by atoms with van der Waals surface area (Å²) in [5.41, 5.74) is 2.65. The van der Waals surface area contributed by atoms with Crippen molar-refractivity contribution in [1.82, 2.24) is 19.7 Å². The van der Waals surface area contributed by atoms with E-state index in [1.165, 1.54) is 0 Å². The number of morpholine rings is 1. The second-order valence-electron chi connectivity index (χ2n) is 6.86. The van der Waals surface area contributed by atoms with Gasteiger partial charge in [0.15, 0.2) is 10.6 Å². The summed E-state index contributed by atoms with van der Waals surface area (Å²) < 4.78 is 7.45. The number of hydrogen-bond donors (Lipinski definition) is 2. The third-order valence-electron chi connectivity index (χ3n) is 4.70. The number of aryl methyl sites for hydroxylation is 1. The third kappa shape index (κ3) is 4.52. The molecule has 1 aliphatic rings. The molecule has 0 radical (unpaired) electrons. The number of carbonyl (C=O) groups excluding carboxylic acids is 1. The van der Waals surface area contributed by atoms with Crippen LogP contribution >= 0.6 is 12.2 Å². The Kier molecular flexibility index (Phi) is 5.68. The Morgan fingerprint density at radius 2 is 2.10 bits per heavy atom. The van der Waals surface area contributed by atoms with Gasteiger partial charge in [-0.05, 0) is 37.3 Å². The zero-order valence-electron chi connectivity index (χ0n) is 16.1. The second-order valence-corrected chi connectivity index (χ2v) is 7.25. The van der Waals surface area contributed by atoms with Gasteiger partial charge in [0.1, 0.15) is 12.4 Å². The summed E-state index contributed by atoms with van der Waals surface area (Å²) in [6.07, 6.45) is 1.67. The summed E-state index contributed by atoms with van der Waals surface area (Å²) in [7, 11) is 0. The van der Waals surface area contributed by atoms with Gasteiger partial charge in [-0.25, -0.2) is 4.98 Å². The van der Waals surface area contributed by atoms with Crippen LogP contribution in [0.1, 0.15) is 5.56 Å². The van der Waals surface area contributed by atoms with Gasteiger partial charge in [0.2, 0.25) is 5.91 Å². The van der Waals surface area contributed by atoms with Gasteiger partial charge in [0.05, 0.1) is 25.1 Å². The van der Waals surface area contributed by atoms with Gasteiger partial charge >= 0.3 is 0 Å². The Morgan fingerprint density at radius 1 is 1.28 bits per heavy atom. The molecule has 9 heteroatoms. The Labute approximate surface area is 173 Å². The molecule has 3 heterocycles. The van der Waals surface area contributed by atoms with Crippen LogP contribution in [0.4, 0.5) is 11.5 Å². The summed E-state index contributed by atoms with van der Waals surface area (Å²) in [6.45, 7) is 5.11. The number of carbonyl (C=O) groups is 1. The van der Waals surface area contributed by atoms with E-state index >= 15 is 0 Å². The van der Waals surface area contributed by atoms with Crippen molar-refractivity contribution in [2.45, 2.75) is 13.5 Å². The molecule has 0 unspecified atom stereocenters. The van der Waals surface area contributed by atoms with E-state index in [4.69, 9.17) is 17.0 Å². The Bertz CT molecular complexity index is 1050. The zero-order valence-corrected chi connectivity index (χ0v) is 16.9. The molecule has 1 fully saturated rings. The van der Waals surface area contributed by atoms with Crippen molar-refractivity contribution < 1.29 is 9.53 Å². The molecule has 150 valence electrons. The fourth-order valence-electron chi connectivity index (χ4n) is 3.25. The van der Waals surface area contributed by atoms with Crippen LogP contribution in [0, 0.1) is 11.7 Å². The van der Waals surface area contributed by atoms with E-state index in [1.54, 1.807) is 10.8 Å². The highest BCUT2D eigenvalue weighted by molar-refractivity contribution is 7.71. The minimum atomic E-state index is -0.197. The lowest BCUT2D eigenvalue weighted by Gasteiger charge is -2.27. The molecule has 2 N–H and O–H groups in total. The lowest BCUT2D eigenvalue weighted by molar-refractivity contribution is -0.116. The number of pyridine rings is 1. The maximum atomic E-state index is 12.6. The van der Waals surface area contributed by atoms with Gasteiger partial charge in [-0.3, -0.25) is 14.5 Å². The minimum absolute atomic E-state index is 0.0593. The molecule has 4 rings (SSSR count). The standard InChI is InChI=1S/C20H22N6O2S/c1-14-3-2-4-15(11-14)19-23-24-20(29)26(19)13-18(27)22-16-5-6-17(21-12-16)25-7-9-28-10-8-25/h2-6,11-12H,7-10,13H2,1H3,(H,22,27)(H,24,29). The van der Waals surface area contributed by atoms with Crippen molar-refractivity contribution in [3.05, 3.63) is 52.9 Å². The number of aromatic nitrogens is 4. The monoisotopic (exact) mass is 410 g/mol. The topological polar surface area (TPSA) is 88.1 Å². The van der Waals surface area contributed by atoms with Crippen molar-refractivity contribution in [2.24, 2.45) is 0 Å². The molecule has 1 saturated heterocycles. The average molecular weight is 411 g/mol. The van der Waals surface area contributed by atoms with Crippen molar-refractivity contribution in [1.29, 1.82) is 0 Å². The van der Waals surface area contributed by atoms with Gasteiger partial charge in [0.25, 0.3) is 0 Å². The SMILES string of the molecule is Cc1cccc(-c2n[nH]c(=S)n2CC(=O)Nc2ccc(N3CCOCC3)nc2)c1. The van der Waals surface area contributed by atoms with Crippen LogP contribution in [0.2, 0.25) is 0 Å². The maximum absolute atomic E-state index is 12.6. The number of H-pyrrole nitrogens is 1. The number of aromatic amines is 1. The van der Waals surface area contributed by atoms with E-state index < -0.39 is 0 Å². The van der Waals surface area contributed by atoms with Gasteiger partial charge in [-0.2, -0.15) is 5.10 Å². The molecule has 2 aromatic heterocycles. The molecule has 0 saturated carbocycles. The summed E-state index contributed by atoms with van der Waals surface area (Å²) in [6, 6.07) is 11.7. The fraction of sp³-hybridized carbons (Fsp3) is 0.300. The number of rotatable bonds is 5. The molecule has 1 amide bonds. The van der Waals surface area contributed by atoms with Crippen LogP contribution < -0.4 is 10.2 Å². The molecule has 8 nitrogen and oxygen atoms in total. The van der Waals surface area contributed by atoms with E-state index in [-0.39, 0.29) is 12.5 Å². The third-order valence-corrected chi connectivity index (χ3v) is 5.01. The predicted molar refractivity (Wildman–Crippen MR) is 113 cm³/mol. The lowest BCUT2D eigenvalue weighted by Crippen LogP contribution is -2.36. The number of anilines is 2.